The van der Waals surface area contributed by atoms with Crippen LogP contribution < -0.4 is 15.0 Å². The normalized spacial score (nSPS) is 24.2. The number of para-hydroxylation sites is 1. The Kier molecular flexibility index (Phi) is 6.51. The van der Waals surface area contributed by atoms with Gasteiger partial charge in [-0.15, -0.1) is 11.8 Å². The Morgan fingerprint density at radius 3 is 2.68 bits per heavy atom. The Morgan fingerprint density at radius 2 is 2.00 bits per heavy atom. The number of benzene rings is 1. The van der Waals surface area contributed by atoms with Crippen molar-refractivity contribution in [2.75, 3.05) is 62.9 Å². The van der Waals surface area contributed by atoms with E-state index in [1.807, 2.05) is 9.80 Å². The van der Waals surface area contributed by atoms with Gasteiger partial charge in [0.15, 0.2) is 0 Å². The number of halogens is 3. The van der Waals surface area contributed by atoms with E-state index in [-0.39, 0.29) is 28.9 Å². The molecule has 3 saturated heterocycles. The van der Waals surface area contributed by atoms with Gasteiger partial charge in [0.1, 0.15) is 17.1 Å². The Balaban J connectivity index is 1.28. The maximum atomic E-state index is 13.8. The number of nitrogens with zero attached hydrogens (tertiary/aromatic N) is 4. The minimum absolute atomic E-state index is 0.0402. The molecule has 1 amide bonds. The molecular weight excluding hydrogens is 467 g/mol. The molecule has 0 radical (unpaired) electrons. The highest BCUT2D eigenvalue weighted by Gasteiger charge is 2.38. The highest BCUT2D eigenvalue weighted by atomic mass is 32.2. The molecule has 0 saturated carbocycles. The van der Waals surface area contributed by atoms with Gasteiger partial charge >= 0.3 is 6.18 Å². The van der Waals surface area contributed by atoms with Gasteiger partial charge < -0.3 is 19.9 Å². The second-order valence-electron chi connectivity index (χ2n) is 8.89. The molecule has 4 heterocycles. The number of anilines is 1. The Labute approximate surface area is 200 Å². The van der Waals surface area contributed by atoms with Crippen LogP contribution >= 0.6 is 11.8 Å². The molecule has 3 aliphatic heterocycles. The topological polar surface area (TPSA) is 60.9 Å². The zero-order chi connectivity index (χ0) is 23.9. The summed E-state index contributed by atoms with van der Waals surface area (Å²) in [5.41, 5.74) is -0.478. The first-order valence-corrected chi connectivity index (χ1v) is 12.6. The number of rotatable bonds is 4. The molecule has 2 atom stereocenters. The van der Waals surface area contributed by atoms with Gasteiger partial charge in [-0.2, -0.15) is 13.2 Å². The summed E-state index contributed by atoms with van der Waals surface area (Å²) in [7, 11) is 1.44. The van der Waals surface area contributed by atoms with Crippen LogP contribution in [0.3, 0.4) is 0 Å². The van der Waals surface area contributed by atoms with Gasteiger partial charge in [0.05, 0.1) is 24.6 Å². The maximum absolute atomic E-state index is 13.8. The molecule has 3 aliphatic rings. The summed E-state index contributed by atoms with van der Waals surface area (Å²) in [4.78, 5) is 23.4. The zero-order valence-corrected chi connectivity index (χ0v) is 19.8. The standard InChI is InChI=1S/C23H28F3N5O2S/c1-33-19-4-2-3-16-17(23(24,25)26)12-20(28-21(16)19)30-7-5-29(6-8-30)15-11-18(27-13-15)22(32)31-9-10-34-14-31/h2-4,12,15,18,27H,5-11,13-14H2,1H3/t15-,18-/m0/s1. The van der Waals surface area contributed by atoms with Crippen molar-refractivity contribution in [1.82, 2.24) is 20.1 Å². The average molecular weight is 496 g/mol. The number of methoxy groups -OCH3 is 1. The van der Waals surface area contributed by atoms with E-state index in [0.717, 1.165) is 37.2 Å². The van der Waals surface area contributed by atoms with Crippen LogP contribution in [0.1, 0.15) is 12.0 Å². The van der Waals surface area contributed by atoms with E-state index in [2.05, 4.69) is 15.2 Å². The van der Waals surface area contributed by atoms with Crippen molar-refractivity contribution in [3.63, 3.8) is 0 Å². The number of pyridine rings is 1. The Hall–Kier alpha value is -2.24. The molecule has 0 unspecified atom stereocenters. The molecule has 184 valence electrons. The van der Waals surface area contributed by atoms with E-state index < -0.39 is 11.7 Å². The van der Waals surface area contributed by atoms with Gasteiger partial charge in [-0.1, -0.05) is 12.1 Å². The van der Waals surface area contributed by atoms with Crippen LogP contribution in [-0.2, 0) is 11.0 Å². The number of hydrogen-bond acceptors (Lipinski definition) is 7. The maximum Gasteiger partial charge on any atom is 0.417 e. The van der Waals surface area contributed by atoms with Crippen LogP contribution in [0.15, 0.2) is 24.3 Å². The molecule has 11 heteroatoms. The number of alkyl halides is 3. The molecular formula is C23H28F3N5O2S. The monoisotopic (exact) mass is 495 g/mol. The van der Waals surface area contributed by atoms with Gasteiger partial charge in [0.25, 0.3) is 0 Å². The lowest BCUT2D eigenvalue weighted by molar-refractivity contribution is -0.136. The van der Waals surface area contributed by atoms with Crippen LogP contribution in [0, 0.1) is 0 Å². The van der Waals surface area contributed by atoms with Crippen LogP contribution in [0.5, 0.6) is 5.75 Å². The minimum atomic E-state index is -4.49. The van der Waals surface area contributed by atoms with E-state index in [4.69, 9.17) is 4.74 Å². The predicted octanol–water partition coefficient (Wildman–Crippen LogP) is 2.65. The second kappa shape index (κ2) is 9.43. The van der Waals surface area contributed by atoms with Gasteiger partial charge in [0.2, 0.25) is 5.91 Å². The number of fused-ring (bicyclic) bond motifs is 1. The van der Waals surface area contributed by atoms with Gasteiger partial charge in [-0.3, -0.25) is 9.69 Å². The van der Waals surface area contributed by atoms with Crippen molar-refractivity contribution in [3.05, 3.63) is 29.8 Å². The molecule has 0 aliphatic carbocycles. The highest BCUT2D eigenvalue weighted by Crippen LogP contribution is 2.39. The number of aromatic nitrogens is 1. The van der Waals surface area contributed by atoms with Crippen molar-refractivity contribution in [3.8, 4) is 5.75 Å². The summed E-state index contributed by atoms with van der Waals surface area (Å²) in [5, 5.41) is 3.41. The average Bonchev–Trinajstić information content (AvgIpc) is 3.55. The van der Waals surface area contributed by atoms with Crippen molar-refractivity contribution >= 4 is 34.4 Å². The van der Waals surface area contributed by atoms with Gasteiger partial charge in [-0.05, 0) is 18.6 Å². The summed E-state index contributed by atoms with van der Waals surface area (Å²) in [5.74, 6) is 2.58. The van der Waals surface area contributed by atoms with Crippen LogP contribution in [-0.4, -0.2) is 90.8 Å². The summed E-state index contributed by atoms with van der Waals surface area (Å²) in [6.07, 6.45) is -3.72. The molecule has 7 nitrogen and oxygen atoms in total. The summed E-state index contributed by atoms with van der Waals surface area (Å²) in [6.45, 7) is 4.13. The van der Waals surface area contributed by atoms with Crippen molar-refractivity contribution < 1.29 is 22.7 Å². The molecule has 3 fully saturated rings. The third-order valence-corrected chi connectivity index (χ3v) is 7.90. The SMILES string of the molecule is COc1cccc2c(C(F)(F)F)cc(N3CCN([C@@H]4CN[C@H](C(=O)N5CCSC5)C4)CC3)nc12. The van der Waals surface area contributed by atoms with E-state index in [1.54, 1.807) is 23.9 Å². The van der Waals surface area contributed by atoms with E-state index >= 15 is 0 Å². The third-order valence-electron chi connectivity index (χ3n) is 6.94. The number of thioether (sulfide) groups is 1. The fraction of sp³-hybridized carbons (Fsp3) is 0.565. The zero-order valence-electron chi connectivity index (χ0n) is 19.0. The molecule has 2 aromatic rings. The molecule has 5 rings (SSSR count). The molecule has 1 aromatic heterocycles. The van der Waals surface area contributed by atoms with E-state index in [1.165, 1.54) is 13.2 Å². The Bertz CT molecular complexity index is 1050. The predicted molar refractivity (Wildman–Crippen MR) is 126 cm³/mol. The summed E-state index contributed by atoms with van der Waals surface area (Å²) in [6, 6.07) is 5.86. The quantitative estimate of drug-likeness (QED) is 0.700. The number of hydrogen-bond donors (Lipinski definition) is 1. The van der Waals surface area contributed by atoms with Crippen molar-refractivity contribution in [2.45, 2.75) is 24.7 Å². The van der Waals surface area contributed by atoms with E-state index in [0.29, 0.717) is 37.7 Å². The summed E-state index contributed by atoms with van der Waals surface area (Å²) < 4.78 is 46.8. The first-order chi connectivity index (χ1) is 16.3. The Morgan fingerprint density at radius 1 is 1.21 bits per heavy atom. The lowest BCUT2D eigenvalue weighted by atomic mass is 10.1. The second-order valence-corrected chi connectivity index (χ2v) is 9.97. The van der Waals surface area contributed by atoms with Crippen LogP contribution in [0.2, 0.25) is 0 Å². The van der Waals surface area contributed by atoms with E-state index in [9.17, 15) is 18.0 Å². The largest absolute Gasteiger partial charge is 0.494 e. The van der Waals surface area contributed by atoms with Crippen molar-refractivity contribution in [1.29, 1.82) is 0 Å². The lowest BCUT2D eigenvalue weighted by Crippen LogP contribution is -2.51. The fourth-order valence-electron chi connectivity index (χ4n) is 5.08. The molecule has 1 aromatic carbocycles. The minimum Gasteiger partial charge on any atom is -0.494 e. The first kappa shape index (κ1) is 23.5. The number of carbonyl (C=O) groups is 1. The number of piperazine rings is 1. The summed E-state index contributed by atoms with van der Waals surface area (Å²) >= 11 is 1.78. The number of nitrogens with one attached hydrogen (secondary N) is 1. The molecule has 0 bridgehead atoms. The highest BCUT2D eigenvalue weighted by molar-refractivity contribution is 7.99. The number of carbonyl (C=O) groups excluding carboxylic acids is 1. The van der Waals surface area contributed by atoms with Gasteiger partial charge in [-0.25, -0.2) is 4.98 Å². The van der Waals surface area contributed by atoms with Gasteiger partial charge in [0, 0.05) is 56.4 Å². The fourth-order valence-corrected chi connectivity index (χ4v) is 6.03. The van der Waals surface area contributed by atoms with Crippen molar-refractivity contribution in [2.24, 2.45) is 0 Å². The number of ether oxygens (including phenoxy) is 1. The third kappa shape index (κ3) is 4.52. The smallest absolute Gasteiger partial charge is 0.417 e. The molecule has 0 spiro atoms. The first-order valence-electron chi connectivity index (χ1n) is 11.5. The van der Waals surface area contributed by atoms with Crippen LogP contribution in [0.25, 0.3) is 10.9 Å². The lowest BCUT2D eigenvalue weighted by Gasteiger charge is -2.38. The molecule has 1 N–H and O–H groups in total. The molecule has 34 heavy (non-hydrogen) atoms. The number of amides is 1. The van der Waals surface area contributed by atoms with Crippen LogP contribution in [0.4, 0.5) is 19.0 Å².